The van der Waals surface area contributed by atoms with Crippen LogP contribution in [-0.2, 0) is 4.79 Å². The second-order valence-electron chi connectivity index (χ2n) is 6.78. The number of amides is 1. The molecule has 3 heteroatoms. The highest BCUT2D eigenvalue weighted by Gasteiger charge is 2.65. The molecule has 0 bridgehead atoms. The van der Waals surface area contributed by atoms with Crippen molar-refractivity contribution in [3.63, 3.8) is 0 Å². The Kier molecular flexibility index (Phi) is 3.12. The van der Waals surface area contributed by atoms with E-state index in [0.29, 0.717) is 5.69 Å². The van der Waals surface area contributed by atoms with Gasteiger partial charge < -0.3 is 11.1 Å². The Morgan fingerprint density at radius 2 is 1.84 bits per heavy atom. The van der Waals surface area contributed by atoms with Crippen LogP contribution < -0.4 is 11.1 Å². The summed E-state index contributed by atoms with van der Waals surface area (Å²) in [6.45, 7) is 10.7. The van der Waals surface area contributed by atoms with Gasteiger partial charge in [-0.25, -0.2) is 0 Å². The summed E-state index contributed by atoms with van der Waals surface area (Å²) < 4.78 is 0. The summed E-state index contributed by atoms with van der Waals surface area (Å²) in [4.78, 5) is 12.3. The molecule has 3 N–H and O–H groups in total. The summed E-state index contributed by atoms with van der Waals surface area (Å²) in [5, 5.41) is 3.17. The van der Waals surface area contributed by atoms with Gasteiger partial charge in [0.1, 0.15) is 0 Å². The smallest absolute Gasteiger partial charge is 0.227 e. The lowest BCUT2D eigenvalue weighted by Crippen LogP contribution is -2.33. The lowest BCUT2D eigenvalue weighted by atomic mass is 9.99. The van der Waals surface area contributed by atoms with Gasteiger partial charge in [0.25, 0.3) is 0 Å². The third kappa shape index (κ3) is 2.22. The number of carbonyl (C=O) groups excluding carboxylic acids is 1. The van der Waals surface area contributed by atoms with Crippen LogP contribution in [0, 0.1) is 10.8 Å². The van der Waals surface area contributed by atoms with Gasteiger partial charge in [-0.2, -0.15) is 0 Å². The average Bonchev–Trinajstić information content (AvgIpc) is 2.70. The predicted octanol–water partition coefficient (Wildman–Crippen LogP) is 2.92. The SMILES string of the molecule is CC(C(=O)NC1C(C)(C)C1(C)C)c1cccc(N)c1. The van der Waals surface area contributed by atoms with Gasteiger partial charge >= 0.3 is 0 Å². The molecular weight excluding hydrogens is 236 g/mol. The minimum Gasteiger partial charge on any atom is -0.399 e. The molecule has 1 amide bonds. The fourth-order valence-corrected chi connectivity index (χ4v) is 2.80. The molecule has 0 spiro atoms. The van der Waals surface area contributed by atoms with Crippen LogP contribution in [0.5, 0.6) is 0 Å². The van der Waals surface area contributed by atoms with Gasteiger partial charge in [-0.05, 0) is 35.4 Å². The van der Waals surface area contributed by atoms with Gasteiger partial charge in [-0.3, -0.25) is 4.79 Å². The van der Waals surface area contributed by atoms with Crippen molar-refractivity contribution in [3.05, 3.63) is 29.8 Å². The number of hydrogen-bond donors (Lipinski definition) is 2. The van der Waals surface area contributed by atoms with Gasteiger partial charge in [0.2, 0.25) is 5.91 Å². The Balaban J connectivity index is 2.06. The van der Waals surface area contributed by atoms with Crippen LogP contribution in [0.2, 0.25) is 0 Å². The summed E-state index contributed by atoms with van der Waals surface area (Å²) in [6.07, 6.45) is 0. The average molecular weight is 260 g/mol. The normalized spacial score (nSPS) is 21.7. The van der Waals surface area contributed by atoms with Crippen LogP contribution >= 0.6 is 0 Å². The van der Waals surface area contributed by atoms with E-state index in [1.54, 1.807) is 0 Å². The largest absolute Gasteiger partial charge is 0.399 e. The van der Waals surface area contributed by atoms with Gasteiger partial charge in [0, 0.05) is 11.7 Å². The fraction of sp³-hybridized carbons (Fsp3) is 0.562. The number of hydrogen-bond acceptors (Lipinski definition) is 2. The summed E-state index contributed by atoms with van der Waals surface area (Å²) in [7, 11) is 0. The lowest BCUT2D eigenvalue weighted by Gasteiger charge is -2.14. The number of nitrogens with one attached hydrogen (secondary N) is 1. The van der Waals surface area contributed by atoms with E-state index < -0.39 is 0 Å². The summed E-state index contributed by atoms with van der Waals surface area (Å²) in [5.74, 6) is -0.0926. The van der Waals surface area contributed by atoms with Crippen LogP contribution in [0.25, 0.3) is 0 Å². The molecular formula is C16H24N2O. The molecule has 0 radical (unpaired) electrons. The minimum absolute atomic E-state index is 0.0780. The first-order valence-electron chi connectivity index (χ1n) is 6.83. The van der Waals surface area contributed by atoms with Crippen molar-refractivity contribution in [2.45, 2.75) is 46.6 Å². The first-order chi connectivity index (χ1) is 8.68. The molecule has 0 heterocycles. The highest BCUT2D eigenvalue weighted by molar-refractivity contribution is 5.84. The van der Waals surface area contributed by atoms with Gasteiger partial charge in [0.05, 0.1) is 5.92 Å². The van der Waals surface area contributed by atoms with Crippen molar-refractivity contribution in [2.24, 2.45) is 10.8 Å². The van der Waals surface area contributed by atoms with Crippen molar-refractivity contribution < 1.29 is 4.79 Å². The van der Waals surface area contributed by atoms with E-state index >= 15 is 0 Å². The van der Waals surface area contributed by atoms with E-state index in [2.05, 4.69) is 33.0 Å². The maximum absolute atomic E-state index is 12.3. The van der Waals surface area contributed by atoms with Gasteiger partial charge in [0.15, 0.2) is 0 Å². The molecule has 2 rings (SSSR count). The van der Waals surface area contributed by atoms with E-state index in [-0.39, 0.29) is 28.7 Å². The number of nitrogen functional groups attached to an aromatic ring is 1. The molecule has 3 nitrogen and oxygen atoms in total. The molecule has 1 atom stereocenters. The quantitative estimate of drug-likeness (QED) is 0.821. The molecule has 0 saturated heterocycles. The Morgan fingerprint density at radius 3 is 2.32 bits per heavy atom. The third-order valence-corrected chi connectivity index (χ3v) is 5.11. The van der Waals surface area contributed by atoms with Crippen molar-refractivity contribution in [1.82, 2.24) is 5.32 Å². The Hall–Kier alpha value is -1.51. The second-order valence-corrected chi connectivity index (χ2v) is 6.78. The monoisotopic (exact) mass is 260 g/mol. The summed E-state index contributed by atoms with van der Waals surface area (Å²) in [6, 6.07) is 7.79. The zero-order valence-corrected chi connectivity index (χ0v) is 12.4. The van der Waals surface area contributed by atoms with E-state index in [1.165, 1.54) is 0 Å². The van der Waals surface area contributed by atoms with Crippen LogP contribution in [0.3, 0.4) is 0 Å². The summed E-state index contributed by atoms with van der Waals surface area (Å²) in [5.41, 5.74) is 7.76. The van der Waals surface area contributed by atoms with E-state index in [1.807, 2.05) is 31.2 Å². The van der Waals surface area contributed by atoms with Crippen LogP contribution in [0.4, 0.5) is 5.69 Å². The second kappa shape index (κ2) is 4.26. The minimum atomic E-state index is -0.171. The molecule has 104 valence electrons. The standard InChI is InChI=1S/C16H24N2O/c1-10(11-7-6-8-12(17)9-11)13(19)18-14-15(2,3)16(14,4)5/h6-10,14H,17H2,1-5H3,(H,18,19). The molecule has 1 fully saturated rings. The van der Waals surface area contributed by atoms with Crippen molar-refractivity contribution in [3.8, 4) is 0 Å². The third-order valence-electron chi connectivity index (χ3n) is 5.11. The zero-order valence-electron chi connectivity index (χ0n) is 12.4. The first-order valence-corrected chi connectivity index (χ1v) is 6.83. The predicted molar refractivity (Wildman–Crippen MR) is 78.8 cm³/mol. The van der Waals surface area contributed by atoms with Crippen molar-refractivity contribution in [1.29, 1.82) is 0 Å². The maximum Gasteiger partial charge on any atom is 0.227 e. The molecule has 19 heavy (non-hydrogen) atoms. The van der Waals surface area contributed by atoms with Gasteiger partial charge in [-0.1, -0.05) is 39.8 Å². The molecule has 1 aliphatic carbocycles. The molecule has 1 aromatic rings. The van der Waals surface area contributed by atoms with E-state index in [4.69, 9.17) is 5.73 Å². The first kappa shape index (κ1) is 13.9. The zero-order chi connectivity index (χ0) is 14.4. The number of carbonyl (C=O) groups is 1. The topological polar surface area (TPSA) is 55.1 Å². The Bertz CT molecular complexity index is 491. The van der Waals surface area contributed by atoms with Crippen LogP contribution in [-0.4, -0.2) is 11.9 Å². The molecule has 0 aliphatic heterocycles. The molecule has 0 aromatic heterocycles. The van der Waals surface area contributed by atoms with Crippen LogP contribution in [0.1, 0.15) is 46.1 Å². The number of anilines is 1. The van der Waals surface area contributed by atoms with Crippen molar-refractivity contribution >= 4 is 11.6 Å². The van der Waals surface area contributed by atoms with Gasteiger partial charge in [-0.15, -0.1) is 0 Å². The number of rotatable bonds is 3. The van der Waals surface area contributed by atoms with E-state index in [0.717, 1.165) is 5.56 Å². The Labute approximate surface area is 115 Å². The molecule has 1 aliphatic rings. The highest BCUT2D eigenvalue weighted by Crippen LogP contribution is 2.62. The lowest BCUT2D eigenvalue weighted by molar-refractivity contribution is -0.122. The molecule has 1 aromatic carbocycles. The molecule has 1 unspecified atom stereocenters. The summed E-state index contributed by atoms with van der Waals surface area (Å²) >= 11 is 0. The fourth-order valence-electron chi connectivity index (χ4n) is 2.80. The number of benzene rings is 1. The Morgan fingerprint density at radius 1 is 1.26 bits per heavy atom. The van der Waals surface area contributed by atoms with Crippen LogP contribution in [0.15, 0.2) is 24.3 Å². The number of nitrogens with two attached hydrogens (primary N) is 1. The molecule has 1 saturated carbocycles. The maximum atomic E-state index is 12.3. The highest BCUT2D eigenvalue weighted by atomic mass is 16.2. The van der Waals surface area contributed by atoms with E-state index in [9.17, 15) is 4.79 Å². The van der Waals surface area contributed by atoms with Crippen molar-refractivity contribution in [2.75, 3.05) is 5.73 Å².